The smallest absolute Gasteiger partial charge is 0.119 e. The summed E-state index contributed by atoms with van der Waals surface area (Å²) in [6.07, 6.45) is -0.118. The van der Waals surface area contributed by atoms with Crippen LogP contribution in [0, 0.1) is 11.3 Å². The molecule has 1 rings (SSSR count). The van der Waals surface area contributed by atoms with Crippen LogP contribution >= 0.6 is 0 Å². The summed E-state index contributed by atoms with van der Waals surface area (Å²) in [6.45, 7) is 4.84. The van der Waals surface area contributed by atoms with Gasteiger partial charge < -0.3 is 15.2 Å². The van der Waals surface area contributed by atoms with Crippen molar-refractivity contribution < 1.29 is 9.84 Å². The van der Waals surface area contributed by atoms with Gasteiger partial charge in [-0.25, -0.2) is 0 Å². The number of hydrogen-bond donors (Lipinski definition) is 2. The Morgan fingerprint density at radius 2 is 2.00 bits per heavy atom. The van der Waals surface area contributed by atoms with Crippen molar-refractivity contribution in [1.82, 2.24) is 5.32 Å². The van der Waals surface area contributed by atoms with Gasteiger partial charge in [-0.2, -0.15) is 5.26 Å². The Labute approximate surface area is 108 Å². The maximum atomic E-state index is 9.67. The van der Waals surface area contributed by atoms with Gasteiger partial charge in [0.25, 0.3) is 0 Å². The Hall–Kier alpha value is -1.57. The zero-order chi connectivity index (χ0) is 13.4. The van der Waals surface area contributed by atoms with Crippen LogP contribution in [0.3, 0.4) is 0 Å². The van der Waals surface area contributed by atoms with Crippen LogP contribution in [0.4, 0.5) is 0 Å². The highest BCUT2D eigenvalue weighted by atomic mass is 16.5. The lowest BCUT2D eigenvalue weighted by Gasteiger charge is -2.15. The van der Waals surface area contributed by atoms with Crippen molar-refractivity contribution in [2.45, 2.75) is 32.4 Å². The highest BCUT2D eigenvalue weighted by Crippen LogP contribution is 2.12. The number of nitrogens with one attached hydrogen (secondary N) is 1. The molecule has 0 aliphatic carbocycles. The first kappa shape index (κ1) is 14.5. The Kier molecular flexibility index (Phi) is 6.20. The van der Waals surface area contributed by atoms with Crippen LogP contribution in [0.15, 0.2) is 24.3 Å². The molecule has 0 heterocycles. The van der Waals surface area contributed by atoms with Crippen LogP contribution < -0.4 is 10.1 Å². The molecule has 0 aromatic heterocycles. The summed E-state index contributed by atoms with van der Waals surface area (Å²) in [6, 6.07) is 9.79. The molecular weight excluding hydrogens is 228 g/mol. The molecule has 0 bridgehead atoms. The predicted octanol–water partition coefficient (Wildman–Crippen LogP) is 1.49. The zero-order valence-corrected chi connectivity index (χ0v) is 10.9. The molecule has 0 radical (unpaired) electrons. The summed E-state index contributed by atoms with van der Waals surface area (Å²) in [5.74, 6) is 0.709. The SMILES string of the molecule is CC(C)NC[C@H](O)COc1ccc(CC#N)cc1. The van der Waals surface area contributed by atoms with Crippen LogP contribution in [0.1, 0.15) is 19.4 Å². The molecule has 0 aliphatic heterocycles. The number of aliphatic hydroxyl groups excluding tert-OH is 1. The lowest BCUT2D eigenvalue weighted by atomic mass is 10.2. The van der Waals surface area contributed by atoms with E-state index in [1.165, 1.54) is 0 Å². The van der Waals surface area contributed by atoms with Gasteiger partial charge in [-0.05, 0) is 17.7 Å². The summed E-state index contributed by atoms with van der Waals surface area (Å²) in [4.78, 5) is 0. The van der Waals surface area contributed by atoms with Crippen molar-refractivity contribution in [2.24, 2.45) is 0 Å². The second-order valence-corrected chi connectivity index (χ2v) is 4.51. The third kappa shape index (κ3) is 5.67. The van der Waals surface area contributed by atoms with Gasteiger partial charge in [-0.15, -0.1) is 0 Å². The number of ether oxygens (including phenoxy) is 1. The van der Waals surface area contributed by atoms with Gasteiger partial charge in [-0.3, -0.25) is 0 Å². The van der Waals surface area contributed by atoms with E-state index in [0.29, 0.717) is 24.8 Å². The molecule has 1 atom stereocenters. The van der Waals surface area contributed by atoms with E-state index in [9.17, 15) is 5.11 Å². The van der Waals surface area contributed by atoms with E-state index in [1.54, 1.807) is 0 Å². The van der Waals surface area contributed by atoms with Gasteiger partial charge in [-0.1, -0.05) is 26.0 Å². The first-order valence-electron chi connectivity index (χ1n) is 6.12. The van der Waals surface area contributed by atoms with E-state index in [1.807, 2.05) is 38.1 Å². The third-order valence-corrected chi connectivity index (χ3v) is 2.41. The summed E-state index contributed by atoms with van der Waals surface area (Å²) in [7, 11) is 0. The summed E-state index contributed by atoms with van der Waals surface area (Å²) in [5, 5.41) is 21.4. The normalized spacial score (nSPS) is 12.2. The maximum absolute atomic E-state index is 9.67. The molecule has 18 heavy (non-hydrogen) atoms. The van der Waals surface area contributed by atoms with E-state index in [4.69, 9.17) is 10.00 Å². The molecule has 0 spiro atoms. The molecule has 1 aromatic carbocycles. The molecule has 0 unspecified atom stereocenters. The summed E-state index contributed by atoms with van der Waals surface area (Å²) >= 11 is 0. The van der Waals surface area contributed by atoms with Crippen LogP contribution in [-0.4, -0.2) is 30.4 Å². The number of benzene rings is 1. The predicted molar refractivity (Wildman–Crippen MR) is 70.4 cm³/mol. The molecule has 0 aliphatic rings. The van der Waals surface area contributed by atoms with Crippen LogP contribution in [0.5, 0.6) is 5.75 Å². The zero-order valence-electron chi connectivity index (χ0n) is 10.9. The molecule has 98 valence electrons. The maximum Gasteiger partial charge on any atom is 0.119 e. The fraction of sp³-hybridized carbons (Fsp3) is 0.500. The number of nitriles is 1. The largest absolute Gasteiger partial charge is 0.491 e. The summed E-state index contributed by atoms with van der Waals surface area (Å²) < 4.78 is 5.46. The third-order valence-electron chi connectivity index (χ3n) is 2.41. The quantitative estimate of drug-likeness (QED) is 0.767. The van der Waals surface area contributed by atoms with Crippen LogP contribution in [-0.2, 0) is 6.42 Å². The Morgan fingerprint density at radius 3 is 2.56 bits per heavy atom. The number of aliphatic hydroxyl groups is 1. The molecule has 2 N–H and O–H groups in total. The minimum atomic E-state index is -0.522. The number of hydrogen-bond acceptors (Lipinski definition) is 4. The first-order chi connectivity index (χ1) is 8.61. The minimum Gasteiger partial charge on any atom is -0.491 e. The Balaban J connectivity index is 2.32. The van der Waals surface area contributed by atoms with E-state index in [0.717, 1.165) is 5.56 Å². The topological polar surface area (TPSA) is 65.3 Å². The average molecular weight is 248 g/mol. The van der Waals surface area contributed by atoms with Gasteiger partial charge in [0, 0.05) is 12.6 Å². The molecule has 4 nitrogen and oxygen atoms in total. The van der Waals surface area contributed by atoms with Crippen LogP contribution in [0.2, 0.25) is 0 Å². The number of nitrogens with zero attached hydrogens (tertiary/aromatic N) is 1. The van der Waals surface area contributed by atoms with Crippen LogP contribution in [0.25, 0.3) is 0 Å². The Morgan fingerprint density at radius 1 is 1.33 bits per heavy atom. The molecule has 0 amide bonds. The monoisotopic (exact) mass is 248 g/mol. The lowest BCUT2D eigenvalue weighted by molar-refractivity contribution is 0.104. The second-order valence-electron chi connectivity index (χ2n) is 4.51. The second kappa shape index (κ2) is 7.70. The van der Waals surface area contributed by atoms with Crippen molar-refractivity contribution >= 4 is 0 Å². The van der Waals surface area contributed by atoms with Gasteiger partial charge in [0.15, 0.2) is 0 Å². The number of rotatable bonds is 7. The lowest BCUT2D eigenvalue weighted by Crippen LogP contribution is -2.35. The molecular formula is C14H20N2O2. The van der Waals surface area contributed by atoms with Crippen molar-refractivity contribution in [2.75, 3.05) is 13.2 Å². The average Bonchev–Trinajstić information content (AvgIpc) is 2.36. The van der Waals surface area contributed by atoms with Crippen molar-refractivity contribution in [3.63, 3.8) is 0 Å². The summed E-state index contributed by atoms with van der Waals surface area (Å²) in [5.41, 5.74) is 0.965. The van der Waals surface area contributed by atoms with Crippen molar-refractivity contribution in [3.05, 3.63) is 29.8 Å². The standard InChI is InChI=1S/C14H20N2O2/c1-11(2)16-9-13(17)10-18-14-5-3-12(4-6-14)7-8-15/h3-6,11,13,16-17H,7,9-10H2,1-2H3/t13-/m0/s1. The molecule has 0 saturated carbocycles. The molecule has 1 aromatic rings. The molecule has 4 heteroatoms. The fourth-order valence-corrected chi connectivity index (χ4v) is 1.42. The highest BCUT2D eigenvalue weighted by Gasteiger charge is 2.05. The minimum absolute atomic E-state index is 0.261. The molecule has 0 saturated heterocycles. The van der Waals surface area contributed by atoms with Gasteiger partial charge in [0.05, 0.1) is 12.5 Å². The van der Waals surface area contributed by atoms with Gasteiger partial charge in [0.2, 0.25) is 0 Å². The fourth-order valence-electron chi connectivity index (χ4n) is 1.42. The van der Waals surface area contributed by atoms with E-state index < -0.39 is 6.10 Å². The van der Waals surface area contributed by atoms with E-state index >= 15 is 0 Å². The van der Waals surface area contributed by atoms with Crippen molar-refractivity contribution in [1.29, 1.82) is 5.26 Å². The van der Waals surface area contributed by atoms with Gasteiger partial charge >= 0.3 is 0 Å². The molecule has 0 fully saturated rings. The first-order valence-corrected chi connectivity index (χ1v) is 6.12. The van der Waals surface area contributed by atoms with Gasteiger partial charge in [0.1, 0.15) is 18.5 Å². The van der Waals surface area contributed by atoms with E-state index in [2.05, 4.69) is 11.4 Å². The van der Waals surface area contributed by atoms with E-state index in [-0.39, 0.29) is 6.61 Å². The highest BCUT2D eigenvalue weighted by molar-refractivity contribution is 5.28. The Bertz CT molecular complexity index is 382. The van der Waals surface area contributed by atoms with Crippen molar-refractivity contribution in [3.8, 4) is 11.8 Å².